The standard InChI is InChI=1S/C20H14ClN3O3/c21-14-3-1-13(2-4-14)11-18-19(26)15-5-6-17(25)16(20(15)27-18)12-24(9-7-22)10-8-23/h1-6,11,25H,9-10,12H2/p+1/b18-11-. The zero-order valence-corrected chi connectivity index (χ0v) is 15.0. The van der Waals surface area contributed by atoms with Gasteiger partial charge in [-0.1, -0.05) is 23.7 Å². The summed E-state index contributed by atoms with van der Waals surface area (Å²) in [5.74, 6) is 0.0841. The summed E-state index contributed by atoms with van der Waals surface area (Å²) in [6.45, 7) is 0.383. The Hall–Kier alpha value is -3.32. The number of nitriles is 2. The number of phenols is 1. The molecule has 0 fully saturated rings. The highest BCUT2D eigenvalue weighted by atomic mass is 35.5. The number of carbonyl (C=O) groups excluding carboxylic acids is 1. The number of fused-ring (bicyclic) bond motifs is 1. The van der Waals surface area contributed by atoms with Crippen LogP contribution < -0.4 is 9.64 Å². The molecular formula is C20H15ClN3O3+. The van der Waals surface area contributed by atoms with Gasteiger partial charge in [0.2, 0.25) is 5.78 Å². The van der Waals surface area contributed by atoms with Crippen LogP contribution in [-0.4, -0.2) is 24.0 Å². The molecule has 0 aliphatic carbocycles. The van der Waals surface area contributed by atoms with Crippen LogP contribution in [0, 0.1) is 22.7 Å². The normalized spacial score (nSPS) is 13.9. The first-order valence-corrected chi connectivity index (χ1v) is 8.53. The smallest absolute Gasteiger partial charge is 0.231 e. The van der Waals surface area contributed by atoms with Crippen LogP contribution in [0.25, 0.3) is 6.08 Å². The van der Waals surface area contributed by atoms with E-state index in [1.165, 1.54) is 12.1 Å². The third-order valence-corrected chi connectivity index (χ3v) is 4.42. The van der Waals surface area contributed by atoms with Crippen LogP contribution in [-0.2, 0) is 6.54 Å². The number of carbonyl (C=O) groups is 1. The molecule has 134 valence electrons. The fraction of sp³-hybridized carbons (Fsp3) is 0.150. The van der Waals surface area contributed by atoms with Crippen molar-refractivity contribution < 1.29 is 19.5 Å². The van der Waals surface area contributed by atoms with Crippen LogP contribution >= 0.6 is 11.6 Å². The fourth-order valence-electron chi connectivity index (χ4n) is 2.84. The lowest BCUT2D eigenvalue weighted by Gasteiger charge is -2.15. The van der Waals surface area contributed by atoms with E-state index < -0.39 is 0 Å². The lowest BCUT2D eigenvalue weighted by molar-refractivity contribution is -0.899. The average molecular weight is 381 g/mol. The van der Waals surface area contributed by atoms with Gasteiger partial charge in [0.25, 0.3) is 0 Å². The molecule has 27 heavy (non-hydrogen) atoms. The van der Waals surface area contributed by atoms with Gasteiger partial charge in [-0.3, -0.25) is 4.79 Å². The van der Waals surface area contributed by atoms with Crippen molar-refractivity contribution in [2.24, 2.45) is 0 Å². The molecule has 0 radical (unpaired) electrons. The van der Waals surface area contributed by atoms with Crippen LogP contribution in [0.1, 0.15) is 21.5 Å². The SMILES string of the molecule is N#CC[NH+](CC#N)Cc1c(O)ccc2c1O/C(=C\c1ccc(Cl)cc1)C2=O. The Morgan fingerprint density at radius 3 is 2.41 bits per heavy atom. The van der Waals surface area contributed by atoms with Gasteiger partial charge >= 0.3 is 0 Å². The summed E-state index contributed by atoms with van der Waals surface area (Å²) in [5.41, 5.74) is 1.50. The van der Waals surface area contributed by atoms with Gasteiger partial charge in [0.05, 0.1) is 11.1 Å². The number of nitrogens with one attached hydrogen (secondary N) is 1. The van der Waals surface area contributed by atoms with Crippen LogP contribution in [0.2, 0.25) is 5.02 Å². The number of quaternary nitrogens is 1. The number of ether oxygens (including phenoxy) is 1. The number of ketones is 1. The molecule has 2 aromatic rings. The highest BCUT2D eigenvalue weighted by Gasteiger charge is 2.32. The molecule has 0 amide bonds. The van der Waals surface area contributed by atoms with E-state index in [0.717, 1.165) is 5.56 Å². The number of allylic oxidation sites excluding steroid dienone is 1. The molecule has 0 atom stereocenters. The fourth-order valence-corrected chi connectivity index (χ4v) is 2.97. The van der Waals surface area contributed by atoms with E-state index in [9.17, 15) is 9.90 Å². The summed E-state index contributed by atoms with van der Waals surface area (Å²) in [6.07, 6.45) is 1.61. The second kappa shape index (κ2) is 7.92. The third-order valence-electron chi connectivity index (χ3n) is 4.17. The van der Waals surface area contributed by atoms with E-state index in [2.05, 4.69) is 0 Å². The molecule has 0 spiro atoms. The van der Waals surface area contributed by atoms with Gasteiger partial charge in [0.15, 0.2) is 24.6 Å². The molecule has 2 N–H and O–H groups in total. The maximum Gasteiger partial charge on any atom is 0.231 e. The molecule has 7 heteroatoms. The molecular weight excluding hydrogens is 366 g/mol. The lowest BCUT2D eigenvalue weighted by atomic mass is 10.0. The Kier molecular flexibility index (Phi) is 5.42. The lowest BCUT2D eigenvalue weighted by Crippen LogP contribution is -3.10. The number of phenolic OH excluding ortho intramolecular Hbond substituents is 1. The van der Waals surface area contributed by atoms with Gasteiger partial charge < -0.3 is 14.7 Å². The Bertz CT molecular complexity index is 985. The van der Waals surface area contributed by atoms with Crippen molar-refractivity contribution in [1.29, 1.82) is 10.5 Å². The largest absolute Gasteiger partial charge is 0.507 e. The summed E-state index contributed by atoms with van der Waals surface area (Å²) in [4.78, 5) is 13.3. The van der Waals surface area contributed by atoms with Crippen LogP contribution in [0.4, 0.5) is 0 Å². The first kappa shape index (κ1) is 18.5. The van der Waals surface area contributed by atoms with Gasteiger partial charge in [-0.05, 0) is 35.9 Å². The summed E-state index contributed by atoms with van der Waals surface area (Å²) in [6, 6.07) is 13.9. The van der Waals surface area contributed by atoms with Crippen molar-refractivity contribution in [3.05, 3.63) is 63.9 Å². The topological polar surface area (TPSA) is 98.6 Å². The van der Waals surface area contributed by atoms with Gasteiger partial charge in [-0.15, -0.1) is 0 Å². The Morgan fingerprint density at radius 1 is 1.11 bits per heavy atom. The van der Waals surface area contributed by atoms with Gasteiger partial charge in [0, 0.05) is 5.02 Å². The predicted molar refractivity (Wildman–Crippen MR) is 98.1 cm³/mol. The first-order chi connectivity index (χ1) is 13.0. The molecule has 0 unspecified atom stereocenters. The van der Waals surface area contributed by atoms with Crippen molar-refractivity contribution >= 4 is 23.5 Å². The van der Waals surface area contributed by atoms with E-state index in [4.69, 9.17) is 26.9 Å². The molecule has 1 aliphatic rings. The minimum Gasteiger partial charge on any atom is -0.507 e. The number of benzene rings is 2. The second-order valence-corrected chi connectivity index (χ2v) is 6.46. The van der Waals surface area contributed by atoms with Crippen molar-refractivity contribution in [3.8, 4) is 23.6 Å². The maximum atomic E-state index is 12.7. The van der Waals surface area contributed by atoms with Gasteiger partial charge in [0.1, 0.15) is 24.4 Å². The monoisotopic (exact) mass is 380 g/mol. The van der Waals surface area contributed by atoms with Gasteiger partial charge in [-0.2, -0.15) is 10.5 Å². The quantitative estimate of drug-likeness (QED) is 0.611. The van der Waals surface area contributed by atoms with E-state index in [1.807, 2.05) is 12.1 Å². The molecule has 0 saturated heterocycles. The molecule has 0 aromatic heterocycles. The number of Topliss-reactive ketones (excluding diaryl/α,β-unsaturated/α-hetero) is 1. The van der Waals surface area contributed by atoms with E-state index in [-0.39, 0.29) is 42.7 Å². The highest BCUT2D eigenvalue weighted by Crippen LogP contribution is 2.39. The van der Waals surface area contributed by atoms with Crippen molar-refractivity contribution in [2.45, 2.75) is 6.54 Å². The van der Waals surface area contributed by atoms with Crippen LogP contribution in [0.3, 0.4) is 0 Å². The zero-order chi connectivity index (χ0) is 19.4. The van der Waals surface area contributed by atoms with Crippen molar-refractivity contribution in [2.75, 3.05) is 13.1 Å². The molecule has 1 heterocycles. The first-order valence-electron chi connectivity index (χ1n) is 8.15. The number of halogens is 1. The molecule has 0 bridgehead atoms. The van der Waals surface area contributed by atoms with E-state index >= 15 is 0 Å². The highest BCUT2D eigenvalue weighted by molar-refractivity contribution is 6.30. The number of hydrogen-bond acceptors (Lipinski definition) is 5. The molecule has 0 saturated carbocycles. The van der Waals surface area contributed by atoms with Crippen LogP contribution in [0.5, 0.6) is 11.5 Å². The second-order valence-electron chi connectivity index (χ2n) is 6.03. The van der Waals surface area contributed by atoms with Crippen LogP contribution in [0.15, 0.2) is 42.2 Å². The zero-order valence-electron chi connectivity index (χ0n) is 14.2. The third kappa shape index (κ3) is 3.93. The number of aromatic hydroxyl groups is 1. The van der Waals surface area contributed by atoms with Gasteiger partial charge in [-0.25, -0.2) is 0 Å². The minimum absolute atomic E-state index is 0.0392. The Labute approximate surface area is 161 Å². The average Bonchev–Trinajstić information content (AvgIpc) is 2.96. The summed E-state index contributed by atoms with van der Waals surface area (Å²) in [7, 11) is 0. The van der Waals surface area contributed by atoms with E-state index in [1.54, 1.807) is 30.3 Å². The predicted octanol–water partition coefficient (Wildman–Crippen LogP) is 2.09. The summed E-state index contributed by atoms with van der Waals surface area (Å²) >= 11 is 5.87. The Morgan fingerprint density at radius 2 is 1.78 bits per heavy atom. The minimum atomic E-state index is -0.289. The Balaban J connectivity index is 1.95. The number of rotatable bonds is 5. The van der Waals surface area contributed by atoms with Crippen molar-refractivity contribution in [3.63, 3.8) is 0 Å². The molecule has 2 aromatic carbocycles. The molecule has 1 aliphatic heterocycles. The summed E-state index contributed by atoms with van der Waals surface area (Å²) < 4.78 is 5.76. The van der Waals surface area contributed by atoms with E-state index in [0.29, 0.717) is 21.0 Å². The van der Waals surface area contributed by atoms with Crippen molar-refractivity contribution in [1.82, 2.24) is 0 Å². The molecule has 6 nitrogen and oxygen atoms in total. The maximum absolute atomic E-state index is 12.7. The number of nitrogens with zero attached hydrogens (tertiary/aromatic N) is 2. The number of hydrogen-bond donors (Lipinski definition) is 2. The summed E-state index contributed by atoms with van der Waals surface area (Å²) in [5, 5.41) is 28.7. The molecule has 3 rings (SSSR count).